The third-order valence-electron chi connectivity index (χ3n) is 8.76. The lowest BCUT2D eigenvalue weighted by Gasteiger charge is -2.39. The fraction of sp³-hybridized carbons (Fsp3) is 0.457. The highest BCUT2D eigenvalue weighted by Gasteiger charge is 2.34. The zero-order valence-electron chi connectivity index (χ0n) is 27.8. The van der Waals surface area contributed by atoms with Gasteiger partial charge in [-0.1, -0.05) is 49.4 Å². The number of likely N-dealkylation sites (tertiary alicyclic amines) is 1. The standard InChI is InChI=1S/C35H45N5O6S/c1-24-10-6-7-11-26(24)33(42)36-30-14-15-31(28-13-9-8-12-27(28)30)47(44,45)37-29-16-17-40(22-25(29)2)32(41)23-38-18-20-39(21-19-38)34(43)46-35(3,4)5/h6-15,25,29,37H,16-23H2,1-5H3,(H,36,42)/t25-,29+/m0/s1. The Hall–Kier alpha value is -4.00. The quantitative estimate of drug-likeness (QED) is 0.382. The van der Waals surface area contributed by atoms with E-state index in [0.717, 1.165) is 5.56 Å². The Morgan fingerprint density at radius 2 is 1.53 bits per heavy atom. The number of hydrogen-bond acceptors (Lipinski definition) is 7. The number of carbonyl (C=O) groups excluding carboxylic acids is 3. The number of nitrogens with one attached hydrogen (secondary N) is 2. The Kier molecular flexibility index (Phi) is 10.2. The summed E-state index contributed by atoms with van der Waals surface area (Å²) in [6.45, 7) is 12.6. The summed E-state index contributed by atoms with van der Waals surface area (Å²) >= 11 is 0. The van der Waals surface area contributed by atoms with Crippen LogP contribution in [-0.4, -0.2) is 98.5 Å². The Morgan fingerprint density at radius 3 is 2.19 bits per heavy atom. The summed E-state index contributed by atoms with van der Waals surface area (Å²) in [4.78, 5) is 44.3. The van der Waals surface area contributed by atoms with E-state index in [1.807, 2.05) is 57.7 Å². The Morgan fingerprint density at radius 1 is 0.872 bits per heavy atom. The number of fused-ring (bicyclic) bond motifs is 1. The smallest absolute Gasteiger partial charge is 0.410 e. The molecule has 11 nitrogen and oxygen atoms in total. The maximum absolute atomic E-state index is 13.8. The van der Waals surface area contributed by atoms with E-state index in [-0.39, 0.29) is 41.3 Å². The van der Waals surface area contributed by atoms with Crippen molar-refractivity contribution >= 4 is 44.4 Å². The number of sulfonamides is 1. The second kappa shape index (κ2) is 14.0. The molecule has 2 fully saturated rings. The molecule has 3 aromatic rings. The molecule has 252 valence electrons. The minimum absolute atomic E-state index is 0.00167. The van der Waals surface area contributed by atoms with E-state index in [2.05, 4.69) is 10.0 Å². The number of ether oxygens (including phenoxy) is 1. The molecule has 2 aliphatic rings. The van der Waals surface area contributed by atoms with E-state index in [1.165, 1.54) is 6.07 Å². The molecule has 3 aromatic carbocycles. The lowest BCUT2D eigenvalue weighted by Crippen LogP contribution is -2.55. The lowest BCUT2D eigenvalue weighted by molar-refractivity contribution is -0.134. The van der Waals surface area contributed by atoms with Crippen molar-refractivity contribution in [1.29, 1.82) is 0 Å². The van der Waals surface area contributed by atoms with Crippen LogP contribution in [0.3, 0.4) is 0 Å². The number of piperidine rings is 1. The van der Waals surface area contributed by atoms with Crippen LogP contribution in [0.4, 0.5) is 10.5 Å². The number of piperazine rings is 1. The summed E-state index contributed by atoms with van der Waals surface area (Å²) in [6.07, 6.45) is 0.150. The molecule has 2 N–H and O–H groups in total. The second-order valence-electron chi connectivity index (χ2n) is 13.5. The van der Waals surface area contributed by atoms with Crippen molar-refractivity contribution in [3.63, 3.8) is 0 Å². The maximum Gasteiger partial charge on any atom is 0.410 e. The van der Waals surface area contributed by atoms with E-state index in [9.17, 15) is 22.8 Å². The largest absolute Gasteiger partial charge is 0.444 e. The summed E-state index contributed by atoms with van der Waals surface area (Å²) in [5.74, 6) is -0.371. The normalized spacial score (nSPS) is 19.4. The minimum atomic E-state index is -3.92. The first-order valence-corrected chi connectivity index (χ1v) is 17.6. The molecule has 47 heavy (non-hydrogen) atoms. The van der Waals surface area contributed by atoms with E-state index in [0.29, 0.717) is 67.7 Å². The van der Waals surface area contributed by atoms with Crippen LogP contribution in [0.15, 0.2) is 65.6 Å². The van der Waals surface area contributed by atoms with Gasteiger partial charge < -0.3 is 19.9 Å². The molecule has 2 aliphatic heterocycles. The highest BCUT2D eigenvalue weighted by Crippen LogP contribution is 2.31. The van der Waals surface area contributed by atoms with Crippen molar-refractivity contribution in [2.45, 2.75) is 57.6 Å². The van der Waals surface area contributed by atoms with E-state index in [4.69, 9.17) is 4.74 Å². The average molecular weight is 664 g/mol. The number of benzene rings is 3. The number of aryl methyl sites for hydroxylation is 1. The highest BCUT2D eigenvalue weighted by atomic mass is 32.2. The van der Waals surface area contributed by atoms with Crippen molar-refractivity contribution < 1.29 is 27.5 Å². The van der Waals surface area contributed by atoms with Crippen LogP contribution in [-0.2, 0) is 19.6 Å². The number of carbonyl (C=O) groups is 3. The SMILES string of the molecule is Cc1ccccc1C(=O)Nc1ccc(S(=O)(=O)N[C@@H]2CCN(C(=O)CN3CCN(C(=O)OC(C)(C)C)CC3)C[C@@H]2C)c2ccccc12. The van der Waals surface area contributed by atoms with Gasteiger partial charge in [0.05, 0.1) is 11.4 Å². The number of rotatable bonds is 7. The fourth-order valence-corrected chi connectivity index (χ4v) is 7.74. The van der Waals surface area contributed by atoms with Crippen LogP contribution in [0.25, 0.3) is 10.8 Å². The predicted molar refractivity (Wildman–Crippen MR) is 182 cm³/mol. The van der Waals surface area contributed by atoms with Crippen molar-refractivity contribution in [2.75, 3.05) is 51.1 Å². The van der Waals surface area contributed by atoms with E-state index >= 15 is 0 Å². The van der Waals surface area contributed by atoms with Crippen LogP contribution in [0, 0.1) is 12.8 Å². The zero-order valence-corrected chi connectivity index (χ0v) is 28.6. The van der Waals surface area contributed by atoms with Gasteiger partial charge in [0, 0.05) is 67.3 Å². The molecule has 5 rings (SSSR count). The van der Waals surface area contributed by atoms with Crippen LogP contribution >= 0.6 is 0 Å². The van der Waals surface area contributed by atoms with Crippen LogP contribution in [0.2, 0.25) is 0 Å². The average Bonchev–Trinajstić information content (AvgIpc) is 3.01. The molecule has 0 bridgehead atoms. The number of amides is 3. The topological polar surface area (TPSA) is 128 Å². The zero-order chi connectivity index (χ0) is 33.9. The summed E-state index contributed by atoms with van der Waals surface area (Å²) < 4.78 is 35.9. The summed E-state index contributed by atoms with van der Waals surface area (Å²) in [6, 6.07) is 17.2. The molecule has 0 aromatic heterocycles. The Balaban J connectivity index is 1.19. The molecule has 0 radical (unpaired) electrons. The maximum atomic E-state index is 13.8. The first-order valence-electron chi connectivity index (χ1n) is 16.1. The molecule has 2 saturated heterocycles. The van der Waals surface area contributed by atoms with Gasteiger partial charge in [0.1, 0.15) is 5.60 Å². The highest BCUT2D eigenvalue weighted by molar-refractivity contribution is 7.89. The van der Waals surface area contributed by atoms with Gasteiger partial charge in [-0.25, -0.2) is 17.9 Å². The van der Waals surface area contributed by atoms with Crippen molar-refractivity contribution in [2.24, 2.45) is 5.92 Å². The number of nitrogens with zero attached hydrogens (tertiary/aromatic N) is 3. The molecular formula is C35H45N5O6S. The van der Waals surface area contributed by atoms with Crippen LogP contribution in [0.5, 0.6) is 0 Å². The first-order chi connectivity index (χ1) is 22.2. The molecule has 0 spiro atoms. The van der Waals surface area contributed by atoms with Gasteiger partial charge in [-0.15, -0.1) is 0 Å². The molecule has 0 saturated carbocycles. The van der Waals surface area contributed by atoms with Gasteiger partial charge >= 0.3 is 6.09 Å². The van der Waals surface area contributed by atoms with Gasteiger partial charge in [-0.2, -0.15) is 0 Å². The van der Waals surface area contributed by atoms with Crippen LogP contribution in [0.1, 0.15) is 50.0 Å². The molecule has 0 aliphatic carbocycles. The summed E-state index contributed by atoms with van der Waals surface area (Å²) in [5, 5.41) is 4.08. The minimum Gasteiger partial charge on any atom is -0.444 e. The van der Waals surface area contributed by atoms with Crippen molar-refractivity contribution in [1.82, 2.24) is 19.4 Å². The van der Waals surface area contributed by atoms with Gasteiger partial charge in [-0.3, -0.25) is 14.5 Å². The Labute approximate surface area is 277 Å². The lowest BCUT2D eigenvalue weighted by atomic mass is 9.95. The molecule has 3 amide bonds. The van der Waals surface area contributed by atoms with Crippen molar-refractivity contribution in [3.8, 4) is 0 Å². The molecular weight excluding hydrogens is 618 g/mol. The van der Waals surface area contributed by atoms with E-state index < -0.39 is 15.6 Å². The predicted octanol–water partition coefficient (Wildman–Crippen LogP) is 4.47. The van der Waals surface area contributed by atoms with Gasteiger partial charge in [0.2, 0.25) is 15.9 Å². The monoisotopic (exact) mass is 663 g/mol. The summed E-state index contributed by atoms with van der Waals surface area (Å²) in [7, 11) is -3.92. The number of anilines is 1. The summed E-state index contributed by atoms with van der Waals surface area (Å²) in [5.41, 5.74) is 1.37. The molecule has 12 heteroatoms. The van der Waals surface area contributed by atoms with Gasteiger partial charge in [0.25, 0.3) is 5.91 Å². The van der Waals surface area contributed by atoms with Gasteiger partial charge in [0.15, 0.2) is 0 Å². The third-order valence-corrected chi connectivity index (χ3v) is 10.3. The van der Waals surface area contributed by atoms with Gasteiger partial charge in [-0.05, 0) is 63.8 Å². The first kappa shape index (κ1) is 34.3. The van der Waals surface area contributed by atoms with Crippen LogP contribution < -0.4 is 10.0 Å². The number of hydrogen-bond donors (Lipinski definition) is 2. The molecule has 2 heterocycles. The third kappa shape index (κ3) is 8.30. The second-order valence-corrected chi connectivity index (χ2v) is 15.2. The van der Waals surface area contributed by atoms with Crippen molar-refractivity contribution in [3.05, 3.63) is 71.8 Å². The van der Waals surface area contributed by atoms with E-state index in [1.54, 1.807) is 46.2 Å². The Bertz CT molecular complexity index is 1750. The molecule has 0 unspecified atom stereocenters. The fourth-order valence-electron chi connectivity index (χ4n) is 6.15. The molecule has 2 atom stereocenters.